The number of rotatable bonds is 5. The Balaban J connectivity index is 2.02. The van der Waals surface area contributed by atoms with Crippen LogP contribution in [0.4, 0.5) is 5.69 Å². The average molecular weight is 381 g/mol. The summed E-state index contributed by atoms with van der Waals surface area (Å²) < 4.78 is 11.1. The molecule has 8 nitrogen and oxygen atoms in total. The molecule has 1 N–H and O–H groups in total. The Labute approximate surface area is 161 Å². The summed E-state index contributed by atoms with van der Waals surface area (Å²) in [4.78, 5) is 41.3. The molecule has 0 unspecified atom stereocenters. The average Bonchev–Trinajstić information content (AvgIpc) is 3.11. The number of fused-ring (bicyclic) bond motifs is 1. The highest BCUT2D eigenvalue weighted by Gasteiger charge is 2.20. The smallest absolute Gasteiger partial charge is 0.337 e. The molecule has 1 amide bonds. The minimum absolute atomic E-state index is 0.120. The molecule has 2 heterocycles. The van der Waals surface area contributed by atoms with E-state index >= 15 is 0 Å². The third-order valence-corrected chi connectivity index (χ3v) is 4.19. The first-order chi connectivity index (χ1) is 13.5. The van der Waals surface area contributed by atoms with Crippen LogP contribution in [0.5, 0.6) is 0 Å². The molecule has 0 bridgehead atoms. The molecule has 0 spiro atoms. The maximum atomic E-state index is 13.0. The Morgan fingerprint density at radius 3 is 2.25 bits per heavy atom. The second-order valence-corrected chi connectivity index (χ2v) is 5.93. The van der Waals surface area contributed by atoms with Crippen LogP contribution in [-0.4, -0.2) is 41.5 Å². The largest absolute Gasteiger partial charge is 0.465 e. The standard InChI is InChI=1S/C20H19N3O5/c1-4-15-17(23-8-6-5-7-16(23)22-15)18(24)21-14-10-12(19(25)27-2)9-13(11-14)20(26)28-3/h5-11H,4H2,1-3H3,(H,21,24). The number of nitrogens with one attached hydrogen (secondary N) is 1. The van der Waals surface area contributed by atoms with Crippen LogP contribution in [0.15, 0.2) is 42.6 Å². The molecule has 0 saturated carbocycles. The first kappa shape index (κ1) is 19.1. The van der Waals surface area contributed by atoms with E-state index in [1.54, 1.807) is 16.7 Å². The van der Waals surface area contributed by atoms with Gasteiger partial charge in [0.25, 0.3) is 5.91 Å². The SMILES string of the molecule is CCc1nc2ccccn2c1C(=O)Nc1cc(C(=O)OC)cc(C(=O)OC)c1. The molecule has 0 aliphatic heterocycles. The number of anilines is 1. The second-order valence-electron chi connectivity index (χ2n) is 5.93. The zero-order valence-corrected chi connectivity index (χ0v) is 15.7. The van der Waals surface area contributed by atoms with Crippen molar-refractivity contribution in [1.29, 1.82) is 0 Å². The molecule has 8 heteroatoms. The van der Waals surface area contributed by atoms with Gasteiger partial charge in [0, 0.05) is 11.9 Å². The molecule has 0 radical (unpaired) electrons. The first-order valence-electron chi connectivity index (χ1n) is 8.57. The molecule has 0 atom stereocenters. The number of amides is 1. The summed E-state index contributed by atoms with van der Waals surface area (Å²) in [6, 6.07) is 9.67. The van der Waals surface area contributed by atoms with Crippen LogP contribution < -0.4 is 5.32 Å². The van der Waals surface area contributed by atoms with Crippen molar-refractivity contribution in [2.75, 3.05) is 19.5 Å². The lowest BCUT2D eigenvalue weighted by molar-refractivity contribution is 0.0599. The molecule has 28 heavy (non-hydrogen) atoms. The number of carbonyl (C=O) groups is 3. The van der Waals surface area contributed by atoms with Crippen LogP contribution in [0.2, 0.25) is 0 Å². The van der Waals surface area contributed by atoms with E-state index in [2.05, 4.69) is 10.3 Å². The third-order valence-electron chi connectivity index (χ3n) is 4.19. The lowest BCUT2D eigenvalue weighted by Gasteiger charge is -2.10. The fourth-order valence-electron chi connectivity index (χ4n) is 2.89. The van der Waals surface area contributed by atoms with Crippen LogP contribution in [0.1, 0.15) is 43.8 Å². The lowest BCUT2D eigenvalue weighted by Crippen LogP contribution is -2.17. The molecule has 0 aliphatic carbocycles. The minimum atomic E-state index is -0.634. The summed E-state index contributed by atoms with van der Waals surface area (Å²) in [5.74, 6) is -1.68. The van der Waals surface area contributed by atoms with Gasteiger partial charge in [-0.25, -0.2) is 14.6 Å². The summed E-state index contributed by atoms with van der Waals surface area (Å²) >= 11 is 0. The predicted octanol–water partition coefficient (Wildman–Crippen LogP) is 2.72. The number of imidazole rings is 1. The van der Waals surface area contributed by atoms with Gasteiger partial charge in [0.05, 0.1) is 31.0 Å². The number of hydrogen-bond donors (Lipinski definition) is 1. The van der Waals surface area contributed by atoms with Gasteiger partial charge in [-0.05, 0) is 36.8 Å². The van der Waals surface area contributed by atoms with Crippen molar-refractivity contribution >= 4 is 29.2 Å². The highest BCUT2D eigenvalue weighted by atomic mass is 16.5. The minimum Gasteiger partial charge on any atom is -0.465 e. The predicted molar refractivity (Wildman–Crippen MR) is 102 cm³/mol. The second kappa shape index (κ2) is 7.91. The zero-order chi connectivity index (χ0) is 20.3. The molecular formula is C20H19N3O5. The molecule has 1 aromatic carbocycles. The fourth-order valence-corrected chi connectivity index (χ4v) is 2.89. The zero-order valence-electron chi connectivity index (χ0n) is 15.7. The van der Waals surface area contributed by atoms with Crippen molar-refractivity contribution in [2.45, 2.75) is 13.3 Å². The van der Waals surface area contributed by atoms with Crippen LogP contribution in [0.3, 0.4) is 0 Å². The highest BCUT2D eigenvalue weighted by molar-refractivity contribution is 6.06. The van der Waals surface area contributed by atoms with Gasteiger partial charge in [-0.1, -0.05) is 13.0 Å². The number of methoxy groups -OCH3 is 2. The Bertz CT molecular complexity index is 1040. The van der Waals surface area contributed by atoms with E-state index in [9.17, 15) is 14.4 Å². The number of pyridine rings is 1. The van der Waals surface area contributed by atoms with Crippen molar-refractivity contribution in [3.8, 4) is 0 Å². The number of carbonyl (C=O) groups excluding carboxylic acids is 3. The van der Waals surface area contributed by atoms with Crippen molar-refractivity contribution in [3.63, 3.8) is 0 Å². The molecule has 3 aromatic rings. The maximum Gasteiger partial charge on any atom is 0.337 e. The van der Waals surface area contributed by atoms with Crippen molar-refractivity contribution < 1.29 is 23.9 Å². The number of aryl methyl sites for hydroxylation is 1. The molecule has 0 saturated heterocycles. The van der Waals surface area contributed by atoms with Crippen LogP contribution in [0, 0.1) is 0 Å². The Morgan fingerprint density at radius 2 is 1.68 bits per heavy atom. The van der Waals surface area contributed by atoms with Gasteiger partial charge in [-0.3, -0.25) is 9.20 Å². The van der Waals surface area contributed by atoms with Crippen molar-refractivity contribution in [2.24, 2.45) is 0 Å². The topological polar surface area (TPSA) is 99.0 Å². The van der Waals surface area contributed by atoms with Crippen molar-refractivity contribution in [1.82, 2.24) is 9.38 Å². The van der Waals surface area contributed by atoms with Crippen LogP contribution in [-0.2, 0) is 15.9 Å². The summed E-state index contributed by atoms with van der Waals surface area (Å²) in [6.07, 6.45) is 2.32. The summed E-state index contributed by atoms with van der Waals surface area (Å²) in [5.41, 5.74) is 2.19. The van der Waals surface area contributed by atoms with Crippen LogP contribution in [0.25, 0.3) is 5.65 Å². The number of benzene rings is 1. The quantitative estimate of drug-likeness (QED) is 0.682. The Kier molecular flexibility index (Phi) is 5.39. The Morgan fingerprint density at radius 1 is 1.04 bits per heavy atom. The highest BCUT2D eigenvalue weighted by Crippen LogP contribution is 2.20. The number of esters is 2. The van der Waals surface area contributed by atoms with Crippen molar-refractivity contribution in [3.05, 3.63) is 65.1 Å². The van der Waals surface area contributed by atoms with Gasteiger partial charge in [-0.2, -0.15) is 0 Å². The lowest BCUT2D eigenvalue weighted by atomic mass is 10.1. The van der Waals surface area contributed by atoms with E-state index in [1.807, 2.05) is 19.1 Å². The van der Waals surface area contributed by atoms with Gasteiger partial charge in [0.15, 0.2) is 0 Å². The van der Waals surface area contributed by atoms with E-state index in [1.165, 1.54) is 32.4 Å². The molecule has 144 valence electrons. The summed E-state index contributed by atoms with van der Waals surface area (Å²) in [6.45, 7) is 1.91. The molecule has 0 fully saturated rings. The monoisotopic (exact) mass is 381 g/mol. The first-order valence-corrected chi connectivity index (χ1v) is 8.57. The summed E-state index contributed by atoms with van der Waals surface area (Å²) in [7, 11) is 2.47. The van der Waals surface area contributed by atoms with Gasteiger partial charge in [0.2, 0.25) is 0 Å². The van der Waals surface area contributed by atoms with E-state index < -0.39 is 17.8 Å². The Hall–Kier alpha value is -3.68. The van der Waals surface area contributed by atoms with Crippen LogP contribution >= 0.6 is 0 Å². The van der Waals surface area contributed by atoms with E-state index in [0.29, 0.717) is 23.5 Å². The van der Waals surface area contributed by atoms with Gasteiger partial charge in [0.1, 0.15) is 11.3 Å². The van der Waals surface area contributed by atoms with Gasteiger partial charge >= 0.3 is 11.9 Å². The summed E-state index contributed by atoms with van der Waals surface area (Å²) in [5, 5.41) is 2.73. The third kappa shape index (κ3) is 3.57. The van der Waals surface area contributed by atoms with Gasteiger partial charge < -0.3 is 14.8 Å². The molecule has 0 aliphatic rings. The number of ether oxygens (including phenoxy) is 2. The molecule has 3 rings (SSSR count). The van der Waals surface area contributed by atoms with E-state index in [4.69, 9.17) is 9.47 Å². The van der Waals surface area contributed by atoms with E-state index in [-0.39, 0.29) is 16.8 Å². The molecular weight excluding hydrogens is 362 g/mol. The van der Waals surface area contributed by atoms with E-state index in [0.717, 1.165) is 0 Å². The maximum absolute atomic E-state index is 13.0. The molecule has 2 aromatic heterocycles. The number of aromatic nitrogens is 2. The number of hydrogen-bond acceptors (Lipinski definition) is 6. The number of nitrogens with zero attached hydrogens (tertiary/aromatic N) is 2. The normalized spacial score (nSPS) is 10.5. The van der Waals surface area contributed by atoms with Gasteiger partial charge in [-0.15, -0.1) is 0 Å². The fraction of sp³-hybridized carbons (Fsp3) is 0.200.